The number of ether oxygens (including phenoxy) is 1. The van der Waals surface area contributed by atoms with E-state index in [1.165, 1.54) is 0 Å². The van der Waals surface area contributed by atoms with Crippen LogP contribution in [-0.4, -0.2) is 17.7 Å². The van der Waals surface area contributed by atoms with Crippen LogP contribution >= 0.6 is 0 Å². The summed E-state index contributed by atoms with van der Waals surface area (Å²) >= 11 is 0. The van der Waals surface area contributed by atoms with Crippen molar-refractivity contribution in [2.75, 3.05) is 6.61 Å². The molecule has 98 valence electrons. The van der Waals surface area contributed by atoms with Crippen LogP contribution in [0.15, 0.2) is 36.9 Å². The maximum atomic E-state index is 12.2. The van der Waals surface area contributed by atoms with Crippen molar-refractivity contribution in [2.45, 2.75) is 32.1 Å². The lowest BCUT2D eigenvalue weighted by Gasteiger charge is -2.29. The zero-order valence-corrected chi connectivity index (χ0v) is 11.0. The molecule has 0 aliphatic rings. The molecule has 18 heavy (non-hydrogen) atoms. The molecular weight excluding hydrogens is 228 g/mol. The standard InChI is InChI=1S/C15H20O3/c1-4-10-15(5-2,14(17)18-6-3)12-8-7-9-13(16)11-12/h4,7-9,11,16H,1,5-6,10H2,2-3H3. The van der Waals surface area contributed by atoms with Crippen LogP contribution in [0, 0.1) is 0 Å². The molecule has 0 aromatic heterocycles. The van der Waals surface area contributed by atoms with Crippen LogP contribution in [0.5, 0.6) is 5.75 Å². The van der Waals surface area contributed by atoms with E-state index in [4.69, 9.17) is 4.74 Å². The number of phenols is 1. The molecule has 1 rings (SSSR count). The molecule has 0 fully saturated rings. The number of carbonyl (C=O) groups excluding carboxylic acids is 1. The second kappa shape index (κ2) is 6.24. The number of rotatable bonds is 6. The second-order valence-electron chi connectivity index (χ2n) is 4.20. The summed E-state index contributed by atoms with van der Waals surface area (Å²) in [6.07, 6.45) is 2.80. The van der Waals surface area contributed by atoms with Crippen molar-refractivity contribution >= 4 is 5.97 Å². The Morgan fingerprint density at radius 3 is 2.72 bits per heavy atom. The summed E-state index contributed by atoms with van der Waals surface area (Å²) in [6, 6.07) is 6.77. The van der Waals surface area contributed by atoms with Crippen molar-refractivity contribution in [3.63, 3.8) is 0 Å². The Hall–Kier alpha value is -1.77. The molecule has 1 aromatic carbocycles. The number of allylic oxidation sites excluding steroid dienone is 1. The molecule has 1 unspecified atom stereocenters. The summed E-state index contributed by atoms with van der Waals surface area (Å²) in [7, 11) is 0. The molecule has 0 aliphatic carbocycles. The minimum absolute atomic E-state index is 0.152. The third-order valence-electron chi connectivity index (χ3n) is 3.16. The van der Waals surface area contributed by atoms with E-state index in [9.17, 15) is 9.90 Å². The van der Waals surface area contributed by atoms with E-state index < -0.39 is 5.41 Å². The van der Waals surface area contributed by atoms with Crippen molar-refractivity contribution in [2.24, 2.45) is 0 Å². The average molecular weight is 248 g/mol. The molecule has 0 heterocycles. The zero-order chi connectivity index (χ0) is 13.6. The van der Waals surface area contributed by atoms with Crippen molar-refractivity contribution < 1.29 is 14.6 Å². The van der Waals surface area contributed by atoms with E-state index in [1.54, 1.807) is 31.2 Å². The zero-order valence-electron chi connectivity index (χ0n) is 11.0. The third-order valence-corrected chi connectivity index (χ3v) is 3.16. The van der Waals surface area contributed by atoms with E-state index in [0.29, 0.717) is 19.4 Å². The highest BCUT2D eigenvalue weighted by Crippen LogP contribution is 2.35. The van der Waals surface area contributed by atoms with Gasteiger partial charge in [0.2, 0.25) is 0 Å². The fourth-order valence-electron chi connectivity index (χ4n) is 2.13. The highest BCUT2D eigenvalue weighted by atomic mass is 16.5. The second-order valence-corrected chi connectivity index (χ2v) is 4.20. The Morgan fingerprint density at radius 1 is 1.50 bits per heavy atom. The van der Waals surface area contributed by atoms with Gasteiger partial charge < -0.3 is 9.84 Å². The van der Waals surface area contributed by atoms with E-state index in [1.807, 2.05) is 13.0 Å². The van der Waals surface area contributed by atoms with Gasteiger partial charge in [0.15, 0.2) is 0 Å². The van der Waals surface area contributed by atoms with Crippen LogP contribution in [0.2, 0.25) is 0 Å². The van der Waals surface area contributed by atoms with Crippen molar-refractivity contribution in [1.82, 2.24) is 0 Å². The Labute approximate surface area is 108 Å². The van der Waals surface area contributed by atoms with Gasteiger partial charge in [-0.1, -0.05) is 25.1 Å². The van der Waals surface area contributed by atoms with Crippen LogP contribution in [0.25, 0.3) is 0 Å². The third kappa shape index (κ3) is 2.73. The van der Waals surface area contributed by atoms with Gasteiger partial charge in [0, 0.05) is 0 Å². The Bertz CT molecular complexity index is 426. The molecule has 3 heteroatoms. The van der Waals surface area contributed by atoms with Gasteiger partial charge in [-0.2, -0.15) is 0 Å². The normalized spacial score (nSPS) is 13.7. The maximum Gasteiger partial charge on any atom is 0.316 e. The highest BCUT2D eigenvalue weighted by molar-refractivity contribution is 5.83. The lowest BCUT2D eigenvalue weighted by Crippen LogP contribution is -2.36. The summed E-state index contributed by atoms with van der Waals surface area (Å²) in [5.41, 5.74) is 0.0135. The fraction of sp³-hybridized carbons (Fsp3) is 0.400. The molecule has 0 radical (unpaired) electrons. The van der Waals surface area contributed by atoms with E-state index in [2.05, 4.69) is 6.58 Å². The van der Waals surface area contributed by atoms with Gasteiger partial charge in [0.1, 0.15) is 5.75 Å². The molecule has 0 spiro atoms. The van der Waals surface area contributed by atoms with Crippen LogP contribution in [0.1, 0.15) is 32.3 Å². The SMILES string of the molecule is C=CCC(CC)(C(=O)OCC)c1cccc(O)c1. The largest absolute Gasteiger partial charge is 0.508 e. The Morgan fingerprint density at radius 2 is 2.22 bits per heavy atom. The van der Waals surface area contributed by atoms with Crippen LogP contribution in [0.4, 0.5) is 0 Å². The first-order chi connectivity index (χ1) is 8.60. The van der Waals surface area contributed by atoms with Crippen molar-refractivity contribution in [3.8, 4) is 5.75 Å². The molecule has 0 saturated heterocycles. The smallest absolute Gasteiger partial charge is 0.316 e. The minimum atomic E-state index is -0.753. The van der Waals surface area contributed by atoms with Gasteiger partial charge in [-0.05, 0) is 37.5 Å². The summed E-state index contributed by atoms with van der Waals surface area (Å²) in [4.78, 5) is 12.2. The first-order valence-corrected chi connectivity index (χ1v) is 6.18. The topological polar surface area (TPSA) is 46.5 Å². The summed E-state index contributed by atoms with van der Waals surface area (Å²) < 4.78 is 5.18. The average Bonchev–Trinajstić information content (AvgIpc) is 2.36. The number of aromatic hydroxyl groups is 1. The van der Waals surface area contributed by atoms with Gasteiger partial charge in [-0.3, -0.25) is 4.79 Å². The monoisotopic (exact) mass is 248 g/mol. The molecule has 0 amide bonds. The molecule has 0 aliphatic heterocycles. The fourth-order valence-corrected chi connectivity index (χ4v) is 2.13. The van der Waals surface area contributed by atoms with Gasteiger partial charge in [0.05, 0.1) is 12.0 Å². The van der Waals surface area contributed by atoms with Crippen LogP contribution < -0.4 is 0 Å². The highest BCUT2D eigenvalue weighted by Gasteiger charge is 2.39. The van der Waals surface area contributed by atoms with E-state index in [-0.39, 0.29) is 11.7 Å². The maximum absolute atomic E-state index is 12.2. The summed E-state index contributed by atoms with van der Waals surface area (Å²) in [6.45, 7) is 7.78. The number of benzene rings is 1. The predicted molar refractivity (Wildman–Crippen MR) is 71.5 cm³/mol. The van der Waals surface area contributed by atoms with Gasteiger partial charge in [-0.25, -0.2) is 0 Å². The van der Waals surface area contributed by atoms with Crippen LogP contribution in [0.3, 0.4) is 0 Å². The lowest BCUT2D eigenvalue weighted by atomic mass is 9.75. The molecule has 1 aromatic rings. The molecule has 3 nitrogen and oxygen atoms in total. The molecule has 1 N–H and O–H groups in total. The van der Waals surface area contributed by atoms with Gasteiger partial charge in [0.25, 0.3) is 0 Å². The molecular formula is C15H20O3. The molecule has 0 saturated carbocycles. The van der Waals surface area contributed by atoms with E-state index >= 15 is 0 Å². The Kier molecular flexibility index (Phi) is 4.95. The predicted octanol–water partition coefficient (Wildman–Crippen LogP) is 3.18. The number of esters is 1. The first kappa shape index (κ1) is 14.3. The number of phenolic OH excluding ortho intramolecular Hbond substituents is 1. The van der Waals surface area contributed by atoms with Crippen molar-refractivity contribution in [3.05, 3.63) is 42.5 Å². The summed E-state index contributed by atoms with van der Waals surface area (Å²) in [5.74, 6) is -0.114. The number of carbonyl (C=O) groups is 1. The molecule has 1 atom stereocenters. The summed E-state index contributed by atoms with van der Waals surface area (Å²) in [5, 5.41) is 9.57. The van der Waals surface area contributed by atoms with Crippen molar-refractivity contribution in [1.29, 1.82) is 0 Å². The van der Waals surface area contributed by atoms with Gasteiger partial charge >= 0.3 is 5.97 Å². The van der Waals surface area contributed by atoms with Gasteiger partial charge in [-0.15, -0.1) is 6.58 Å². The van der Waals surface area contributed by atoms with Crippen LogP contribution in [-0.2, 0) is 14.9 Å². The first-order valence-electron chi connectivity index (χ1n) is 6.18. The lowest BCUT2D eigenvalue weighted by molar-refractivity contribution is -0.150. The minimum Gasteiger partial charge on any atom is -0.508 e. The van der Waals surface area contributed by atoms with E-state index in [0.717, 1.165) is 5.56 Å². The quantitative estimate of drug-likeness (QED) is 0.621. The Balaban J connectivity index is 3.25. The molecule has 0 bridgehead atoms. The number of hydrogen-bond acceptors (Lipinski definition) is 3. The number of hydrogen-bond donors (Lipinski definition) is 1.